The molecule has 0 heterocycles. The highest BCUT2D eigenvalue weighted by Crippen LogP contribution is 2.33. The van der Waals surface area contributed by atoms with E-state index in [1.54, 1.807) is 7.11 Å². The van der Waals surface area contributed by atoms with Crippen molar-refractivity contribution >= 4 is 0 Å². The Labute approximate surface area is 112 Å². The lowest BCUT2D eigenvalue weighted by Gasteiger charge is -2.25. The van der Waals surface area contributed by atoms with Crippen LogP contribution in [0.15, 0.2) is 18.2 Å². The summed E-state index contributed by atoms with van der Waals surface area (Å²) in [6.45, 7) is 6.55. The summed E-state index contributed by atoms with van der Waals surface area (Å²) >= 11 is 0. The topological polar surface area (TPSA) is 35.2 Å². The Kier molecular flexibility index (Phi) is 6.20. The van der Waals surface area contributed by atoms with Gasteiger partial charge in [-0.25, -0.2) is 0 Å². The van der Waals surface area contributed by atoms with Crippen LogP contribution in [-0.2, 0) is 0 Å². The number of aryl methyl sites for hydroxylation is 1. The molecule has 0 saturated carbocycles. The monoisotopic (exact) mass is 249 g/mol. The normalized spacial score (nSPS) is 14.3. The van der Waals surface area contributed by atoms with Gasteiger partial charge >= 0.3 is 0 Å². The van der Waals surface area contributed by atoms with E-state index in [4.69, 9.17) is 10.5 Å². The number of rotatable bonds is 7. The Hall–Kier alpha value is -1.02. The van der Waals surface area contributed by atoms with Gasteiger partial charge in [0, 0.05) is 11.6 Å². The summed E-state index contributed by atoms with van der Waals surface area (Å²) < 4.78 is 5.44. The summed E-state index contributed by atoms with van der Waals surface area (Å²) in [7, 11) is 1.72. The Balaban J connectivity index is 2.92. The van der Waals surface area contributed by atoms with Crippen molar-refractivity contribution in [3.63, 3.8) is 0 Å². The number of nitrogens with two attached hydrogens (primary N) is 1. The molecule has 2 N–H and O–H groups in total. The van der Waals surface area contributed by atoms with Gasteiger partial charge in [-0.15, -0.1) is 0 Å². The molecule has 0 aromatic heterocycles. The van der Waals surface area contributed by atoms with E-state index < -0.39 is 0 Å². The van der Waals surface area contributed by atoms with E-state index in [1.165, 1.54) is 24.8 Å². The van der Waals surface area contributed by atoms with Gasteiger partial charge in [0.25, 0.3) is 0 Å². The van der Waals surface area contributed by atoms with Crippen molar-refractivity contribution in [3.05, 3.63) is 29.3 Å². The van der Waals surface area contributed by atoms with E-state index in [9.17, 15) is 0 Å². The predicted octanol–water partition coefficient (Wildman–Crippen LogP) is 4.22. The molecule has 0 aliphatic heterocycles. The van der Waals surface area contributed by atoms with Crippen LogP contribution in [0.5, 0.6) is 5.75 Å². The standard InChI is InChI=1S/C16H27NO/c1-5-7-8-13(6-2)16(17)14-11-12(3)9-10-15(14)18-4/h9-11,13,16H,5-8,17H2,1-4H3. The number of benzene rings is 1. The highest BCUT2D eigenvalue weighted by atomic mass is 16.5. The zero-order chi connectivity index (χ0) is 13.5. The van der Waals surface area contributed by atoms with Crippen LogP contribution in [0, 0.1) is 12.8 Å². The van der Waals surface area contributed by atoms with E-state index in [0.29, 0.717) is 5.92 Å². The Morgan fingerprint density at radius 3 is 2.56 bits per heavy atom. The second kappa shape index (κ2) is 7.42. The van der Waals surface area contributed by atoms with Crippen LogP contribution < -0.4 is 10.5 Å². The van der Waals surface area contributed by atoms with Crippen molar-refractivity contribution < 1.29 is 4.74 Å². The summed E-state index contributed by atoms with van der Waals surface area (Å²) in [4.78, 5) is 0. The van der Waals surface area contributed by atoms with Crippen LogP contribution in [0.4, 0.5) is 0 Å². The average Bonchev–Trinajstić information content (AvgIpc) is 2.39. The van der Waals surface area contributed by atoms with Crippen LogP contribution in [0.3, 0.4) is 0 Å². The Morgan fingerprint density at radius 2 is 2.00 bits per heavy atom. The molecule has 0 aliphatic rings. The van der Waals surface area contributed by atoms with Crippen molar-refractivity contribution in [2.75, 3.05) is 7.11 Å². The van der Waals surface area contributed by atoms with Crippen molar-refractivity contribution in [1.29, 1.82) is 0 Å². The zero-order valence-corrected chi connectivity index (χ0v) is 12.2. The molecule has 1 rings (SSSR count). The second-order valence-electron chi connectivity index (χ2n) is 5.08. The summed E-state index contributed by atoms with van der Waals surface area (Å²) in [5.41, 5.74) is 8.85. The van der Waals surface area contributed by atoms with Gasteiger partial charge in [-0.05, 0) is 25.3 Å². The molecular formula is C16H27NO. The van der Waals surface area contributed by atoms with Crippen molar-refractivity contribution in [1.82, 2.24) is 0 Å². The highest BCUT2D eigenvalue weighted by Gasteiger charge is 2.20. The maximum absolute atomic E-state index is 6.46. The van der Waals surface area contributed by atoms with E-state index in [0.717, 1.165) is 17.7 Å². The van der Waals surface area contributed by atoms with Gasteiger partial charge in [0.2, 0.25) is 0 Å². The summed E-state index contributed by atoms with van der Waals surface area (Å²) in [5, 5.41) is 0. The van der Waals surface area contributed by atoms with Gasteiger partial charge < -0.3 is 10.5 Å². The molecule has 0 fully saturated rings. The first-order valence-corrected chi connectivity index (χ1v) is 7.04. The Bertz CT molecular complexity index is 362. The predicted molar refractivity (Wildman–Crippen MR) is 78.0 cm³/mol. The maximum atomic E-state index is 6.46. The first-order chi connectivity index (χ1) is 8.63. The molecule has 102 valence electrons. The van der Waals surface area contributed by atoms with Gasteiger partial charge in [-0.2, -0.15) is 0 Å². The lowest BCUT2D eigenvalue weighted by atomic mass is 9.86. The van der Waals surface area contributed by atoms with E-state index >= 15 is 0 Å². The van der Waals surface area contributed by atoms with E-state index in [2.05, 4.69) is 32.9 Å². The van der Waals surface area contributed by atoms with E-state index in [-0.39, 0.29) is 6.04 Å². The third kappa shape index (κ3) is 3.74. The molecule has 1 aromatic rings. The molecule has 2 unspecified atom stereocenters. The second-order valence-corrected chi connectivity index (χ2v) is 5.08. The van der Waals surface area contributed by atoms with Gasteiger partial charge in [0.1, 0.15) is 5.75 Å². The van der Waals surface area contributed by atoms with Gasteiger partial charge in [-0.1, -0.05) is 50.8 Å². The van der Waals surface area contributed by atoms with Gasteiger partial charge in [0.15, 0.2) is 0 Å². The van der Waals surface area contributed by atoms with Crippen LogP contribution in [0.1, 0.15) is 56.7 Å². The minimum atomic E-state index is 0.0800. The van der Waals surface area contributed by atoms with Crippen LogP contribution in [-0.4, -0.2) is 7.11 Å². The molecule has 0 saturated heterocycles. The zero-order valence-electron chi connectivity index (χ0n) is 12.2. The van der Waals surface area contributed by atoms with Gasteiger partial charge in [0.05, 0.1) is 7.11 Å². The molecule has 1 aromatic carbocycles. The molecule has 0 radical (unpaired) electrons. The minimum absolute atomic E-state index is 0.0800. The fourth-order valence-electron chi connectivity index (χ4n) is 2.47. The Morgan fingerprint density at radius 1 is 1.28 bits per heavy atom. The average molecular weight is 249 g/mol. The summed E-state index contributed by atoms with van der Waals surface area (Å²) in [5.74, 6) is 1.46. The van der Waals surface area contributed by atoms with Crippen molar-refractivity contribution in [3.8, 4) is 5.75 Å². The van der Waals surface area contributed by atoms with E-state index in [1.807, 2.05) is 6.07 Å². The number of unbranched alkanes of at least 4 members (excludes halogenated alkanes) is 1. The molecule has 2 atom stereocenters. The SMILES string of the molecule is CCCCC(CC)C(N)c1cc(C)ccc1OC. The fourth-order valence-corrected chi connectivity index (χ4v) is 2.47. The molecular weight excluding hydrogens is 222 g/mol. The molecule has 0 bridgehead atoms. The minimum Gasteiger partial charge on any atom is -0.496 e. The quantitative estimate of drug-likeness (QED) is 0.785. The number of ether oxygens (including phenoxy) is 1. The maximum Gasteiger partial charge on any atom is 0.123 e. The van der Waals surface area contributed by atoms with Crippen LogP contribution in [0.2, 0.25) is 0 Å². The third-order valence-electron chi connectivity index (χ3n) is 3.71. The smallest absolute Gasteiger partial charge is 0.123 e. The van der Waals surface area contributed by atoms with Crippen molar-refractivity contribution in [2.24, 2.45) is 11.7 Å². The third-order valence-corrected chi connectivity index (χ3v) is 3.71. The van der Waals surface area contributed by atoms with Crippen molar-refractivity contribution in [2.45, 2.75) is 52.5 Å². The summed E-state index contributed by atoms with van der Waals surface area (Å²) in [6.07, 6.45) is 4.80. The lowest BCUT2D eigenvalue weighted by molar-refractivity contribution is 0.356. The molecule has 2 nitrogen and oxygen atoms in total. The van der Waals surface area contributed by atoms with Gasteiger partial charge in [-0.3, -0.25) is 0 Å². The molecule has 0 spiro atoms. The summed E-state index contributed by atoms with van der Waals surface area (Å²) in [6, 6.07) is 6.34. The number of hydrogen-bond acceptors (Lipinski definition) is 2. The lowest BCUT2D eigenvalue weighted by Crippen LogP contribution is -2.21. The molecule has 2 heteroatoms. The number of hydrogen-bond donors (Lipinski definition) is 1. The highest BCUT2D eigenvalue weighted by molar-refractivity contribution is 5.39. The molecule has 0 aliphatic carbocycles. The first kappa shape index (κ1) is 15.0. The van der Waals surface area contributed by atoms with Crippen LogP contribution >= 0.6 is 0 Å². The first-order valence-electron chi connectivity index (χ1n) is 7.04. The molecule has 18 heavy (non-hydrogen) atoms. The largest absolute Gasteiger partial charge is 0.496 e. The number of methoxy groups -OCH3 is 1. The van der Waals surface area contributed by atoms with Crippen LogP contribution in [0.25, 0.3) is 0 Å². The molecule has 0 amide bonds. The fraction of sp³-hybridized carbons (Fsp3) is 0.625.